The third-order valence-corrected chi connectivity index (χ3v) is 4.51. The highest BCUT2D eigenvalue weighted by atomic mass is 16.7. The number of fused-ring (bicyclic) bond motifs is 4. The fourth-order valence-electron chi connectivity index (χ4n) is 3.37. The van der Waals surface area contributed by atoms with Gasteiger partial charge in [0.2, 0.25) is 12.5 Å². The Hall–Kier alpha value is -2.29. The van der Waals surface area contributed by atoms with Gasteiger partial charge < -0.3 is 9.47 Å². The molecule has 3 heterocycles. The van der Waals surface area contributed by atoms with Crippen molar-refractivity contribution in [3.8, 4) is 22.8 Å². The second-order valence-corrected chi connectivity index (χ2v) is 5.80. The Morgan fingerprint density at radius 1 is 1.18 bits per heavy atom. The summed E-state index contributed by atoms with van der Waals surface area (Å²) in [4.78, 5) is 0. The Morgan fingerprint density at radius 3 is 2.77 bits per heavy atom. The smallest absolute Gasteiger partial charge is 0.231 e. The van der Waals surface area contributed by atoms with E-state index in [4.69, 9.17) is 9.47 Å². The molecule has 0 unspecified atom stereocenters. The molecule has 0 aliphatic carbocycles. The van der Waals surface area contributed by atoms with Crippen molar-refractivity contribution in [1.29, 1.82) is 0 Å². The van der Waals surface area contributed by atoms with Gasteiger partial charge in [-0.3, -0.25) is 0 Å². The molecule has 1 aromatic heterocycles. The number of hydrogen-bond acceptors (Lipinski definition) is 2. The maximum atomic E-state index is 5.56. The molecule has 1 aromatic carbocycles. The van der Waals surface area contributed by atoms with Gasteiger partial charge in [-0.05, 0) is 36.6 Å². The number of allylic oxidation sites excluding steroid dienone is 1. The van der Waals surface area contributed by atoms with Crippen molar-refractivity contribution in [3.05, 3.63) is 47.2 Å². The third-order valence-electron chi connectivity index (χ3n) is 4.51. The van der Waals surface area contributed by atoms with E-state index in [9.17, 15) is 0 Å². The Bertz CT molecular complexity index is 777. The van der Waals surface area contributed by atoms with Crippen LogP contribution in [-0.2, 0) is 19.4 Å². The molecule has 2 aliphatic heterocycles. The van der Waals surface area contributed by atoms with E-state index in [1.807, 2.05) is 0 Å². The first-order valence-electron chi connectivity index (χ1n) is 7.92. The van der Waals surface area contributed by atoms with Crippen molar-refractivity contribution >= 4 is 6.08 Å². The van der Waals surface area contributed by atoms with Crippen LogP contribution in [0.1, 0.15) is 30.5 Å². The van der Waals surface area contributed by atoms with Gasteiger partial charge >= 0.3 is 0 Å². The van der Waals surface area contributed by atoms with E-state index >= 15 is 0 Å². The van der Waals surface area contributed by atoms with Crippen LogP contribution in [0, 0.1) is 0 Å². The molecule has 112 valence electrons. The zero-order valence-corrected chi connectivity index (χ0v) is 13.1. The molecule has 0 amide bonds. The quantitative estimate of drug-likeness (QED) is 0.791. The fourth-order valence-corrected chi connectivity index (χ4v) is 3.37. The van der Waals surface area contributed by atoms with Crippen LogP contribution >= 0.6 is 0 Å². The summed E-state index contributed by atoms with van der Waals surface area (Å²) in [5.41, 5.74) is 6.58. The minimum atomic E-state index is 0.330. The molecule has 2 aromatic rings. The number of aryl methyl sites for hydroxylation is 3. The summed E-state index contributed by atoms with van der Waals surface area (Å²) in [7, 11) is 0. The lowest BCUT2D eigenvalue weighted by Gasteiger charge is -2.17. The molecule has 22 heavy (non-hydrogen) atoms. The van der Waals surface area contributed by atoms with E-state index in [2.05, 4.69) is 55.0 Å². The average molecular weight is 294 g/mol. The molecule has 0 N–H and O–H groups in total. The highest BCUT2D eigenvalue weighted by Gasteiger charge is 2.28. The fraction of sp³-hybridized carbons (Fsp3) is 0.316. The molecule has 3 heteroatoms. The van der Waals surface area contributed by atoms with Crippen LogP contribution in [0.4, 0.5) is 0 Å². The molecule has 0 saturated carbocycles. The molecule has 0 radical (unpaired) electrons. The van der Waals surface area contributed by atoms with Gasteiger partial charge in [-0.15, -0.1) is 0 Å². The highest BCUT2D eigenvalue weighted by molar-refractivity contribution is 5.70. The predicted octanol–water partition coefficient (Wildman–Crippen LogP) is 3.52. The summed E-state index contributed by atoms with van der Waals surface area (Å²) >= 11 is 0. The third kappa shape index (κ3) is 2.00. The minimum absolute atomic E-state index is 0.330. The van der Waals surface area contributed by atoms with Gasteiger partial charge in [0, 0.05) is 18.1 Å². The number of rotatable bonds is 2. The molecule has 2 aliphatic rings. The lowest BCUT2D eigenvalue weighted by Crippen LogP contribution is -2.40. The zero-order chi connectivity index (χ0) is 15.1. The van der Waals surface area contributed by atoms with Crippen molar-refractivity contribution in [2.75, 3.05) is 6.79 Å². The van der Waals surface area contributed by atoms with Crippen LogP contribution in [0.2, 0.25) is 0 Å². The Morgan fingerprint density at radius 2 is 2.00 bits per heavy atom. The van der Waals surface area contributed by atoms with Gasteiger partial charge in [-0.1, -0.05) is 19.1 Å². The number of pyridine rings is 1. The summed E-state index contributed by atoms with van der Waals surface area (Å²) in [6.45, 7) is 5.63. The predicted molar refractivity (Wildman–Crippen MR) is 86.0 cm³/mol. The summed E-state index contributed by atoms with van der Waals surface area (Å²) in [5.74, 6) is 1.74. The van der Waals surface area contributed by atoms with Crippen LogP contribution in [0.25, 0.3) is 17.3 Å². The Labute approximate surface area is 130 Å². The Kier molecular flexibility index (Phi) is 3.14. The van der Waals surface area contributed by atoms with Crippen molar-refractivity contribution < 1.29 is 14.0 Å². The summed E-state index contributed by atoms with van der Waals surface area (Å²) in [6.07, 6.45) is 8.69. The van der Waals surface area contributed by atoms with Crippen molar-refractivity contribution in [3.63, 3.8) is 0 Å². The largest absolute Gasteiger partial charge is 0.454 e. The topological polar surface area (TPSA) is 22.3 Å². The average Bonchev–Trinajstić information content (AvgIpc) is 3.00. The molecule has 0 fully saturated rings. The standard InChI is InChI=1S/C19H20NO2/c1-3-5-14-8-17-16-10-19-18(21-12-22-19)9-15(16)6-7-20(17)11-13(14)4-2/h3,5,8-11H,4,6-7,12H2,1-2H3/q+1. The first-order chi connectivity index (χ1) is 10.8. The second kappa shape index (κ2) is 5.16. The van der Waals surface area contributed by atoms with E-state index in [1.165, 1.54) is 27.9 Å². The number of benzene rings is 1. The van der Waals surface area contributed by atoms with Crippen molar-refractivity contribution in [2.45, 2.75) is 33.2 Å². The van der Waals surface area contributed by atoms with Gasteiger partial charge in [0.1, 0.15) is 0 Å². The van der Waals surface area contributed by atoms with Gasteiger partial charge in [0.05, 0.1) is 5.56 Å². The number of aromatic nitrogens is 1. The Balaban J connectivity index is 1.91. The van der Waals surface area contributed by atoms with Crippen LogP contribution in [-0.4, -0.2) is 6.79 Å². The van der Waals surface area contributed by atoms with Gasteiger partial charge in [-0.25, -0.2) is 0 Å². The van der Waals surface area contributed by atoms with Gasteiger partial charge in [-0.2, -0.15) is 4.57 Å². The van der Waals surface area contributed by atoms with E-state index in [-0.39, 0.29) is 0 Å². The van der Waals surface area contributed by atoms with Crippen LogP contribution in [0.5, 0.6) is 11.5 Å². The second-order valence-electron chi connectivity index (χ2n) is 5.80. The summed E-state index contributed by atoms with van der Waals surface area (Å²) in [5, 5.41) is 0. The minimum Gasteiger partial charge on any atom is -0.454 e. The molecule has 4 rings (SSSR count). The SMILES string of the molecule is CC=Cc1cc2[n+](cc1CC)CCc1cc3c(cc1-2)OCO3. The first kappa shape index (κ1) is 13.4. The number of nitrogens with zero attached hydrogens (tertiary/aromatic N) is 1. The zero-order valence-electron chi connectivity index (χ0n) is 13.1. The maximum Gasteiger partial charge on any atom is 0.231 e. The van der Waals surface area contributed by atoms with E-state index in [0.717, 1.165) is 30.9 Å². The normalized spacial score (nSPS) is 15.0. The van der Waals surface area contributed by atoms with Crippen LogP contribution in [0.15, 0.2) is 30.5 Å². The lowest BCUT2D eigenvalue weighted by molar-refractivity contribution is -0.688. The van der Waals surface area contributed by atoms with E-state index in [0.29, 0.717) is 6.79 Å². The summed E-state index contributed by atoms with van der Waals surface area (Å²) < 4.78 is 13.4. The van der Waals surface area contributed by atoms with Crippen LogP contribution in [0.3, 0.4) is 0 Å². The van der Waals surface area contributed by atoms with Gasteiger partial charge in [0.15, 0.2) is 24.2 Å². The molecule has 0 saturated heterocycles. The molecule has 0 spiro atoms. The highest BCUT2D eigenvalue weighted by Crippen LogP contribution is 2.39. The molecular formula is C19H20NO2+. The maximum absolute atomic E-state index is 5.56. The van der Waals surface area contributed by atoms with Crippen molar-refractivity contribution in [2.24, 2.45) is 0 Å². The lowest BCUT2D eigenvalue weighted by atomic mass is 9.94. The van der Waals surface area contributed by atoms with Gasteiger partial charge in [0.25, 0.3) is 0 Å². The summed E-state index contributed by atoms with van der Waals surface area (Å²) in [6, 6.07) is 6.58. The van der Waals surface area contributed by atoms with Crippen molar-refractivity contribution in [1.82, 2.24) is 0 Å². The number of hydrogen-bond donors (Lipinski definition) is 0. The van der Waals surface area contributed by atoms with E-state index in [1.54, 1.807) is 0 Å². The molecule has 3 nitrogen and oxygen atoms in total. The monoisotopic (exact) mass is 294 g/mol. The van der Waals surface area contributed by atoms with E-state index < -0.39 is 0 Å². The molecule has 0 bridgehead atoms. The number of ether oxygens (including phenoxy) is 2. The first-order valence-corrected chi connectivity index (χ1v) is 7.92. The molecule has 0 atom stereocenters. The molecular weight excluding hydrogens is 274 g/mol. The van der Waals surface area contributed by atoms with Crippen LogP contribution < -0.4 is 14.0 Å².